The van der Waals surface area contributed by atoms with E-state index in [0.717, 1.165) is 11.3 Å². The fourth-order valence-corrected chi connectivity index (χ4v) is 3.83. The lowest BCUT2D eigenvalue weighted by Gasteiger charge is -2.27. The Morgan fingerprint density at radius 2 is 1.89 bits per heavy atom. The molecule has 1 aliphatic heterocycles. The number of Topliss-reactive ketones (excluding diaryl/α,β-unsaturated/α-hetero) is 1. The third-order valence-electron chi connectivity index (χ3n) is 5.55. The standard InChI is InChI=1S/C28H36N2O6/c1-5-34-22-10-8-9-20(17-22)14-16-30(27(33)36-28(2,3)4)15-7-6-11-24(31)21-12-13-25-23(18-21)29-26(32)19-35-25/h8-10,12-13,17-18H,5-7,11,14-16,19H2,1-4H3,(H,29,32). The second kappa shape index (κ2) is 12.4. The van der Waals surface area contributed by atoms with Crippen molar-refractivity contribution in [2.75, 3.05) is 31.6 Å². The number of ketones is 1. The first kappa shape index (κ1) is 27.0. The van der Waals surface area contributed by atoms with Gasteiger partial charge in [-0.3, -0.25) is 9.59 Å². The summed E-state index contributed by atoms with van der Waals surface area (Å²) in [6.45, 7) is 9.05. The quantitative estimate of drug-likeness (QED) is 0.337. The van der Waals surface area contributed by atoms with Crippen molar-refractivity contribution in [1.29, 1.82) is 0 Å². The van der Waals surface area contributed by atoms with E-state index in [9.17, 15) is 14.4 Å². The molecule has 3 rings (SSSR count). The molecule has 0 bridgehead atoms. The minimum Gasteiger partial charge on any atom is -0.494 e. The fourth-order valence-electron chi connectivity index (χ4n) is 3.83. The highest BCUT2D eigenvalue weighted by molar-refractivity contribution is 6.00. The highest BCUT2D eigenvalue weighted by Gasteiger charge is 2.22. The Balaban J connectivity index is 1.54. The van der Waals surface area contributed by atoms with Crippen molar-refractivity contribution in [3.05, 3.63) is 53.6 Å². The topological polar surface area (TPSA) is 94.2 Å². The van der Waals surface area contributed by atoms with Gasteiger partial charge in [-0.05, 0) is 82.9 Å². The van der Waals surface area contributed by atoms with E-state index in [1.165, 1.54) is 0 Å². The molecule has 0 aromatic heterocycles. The van der Waals surface area contributed by atoms with Gasteiger partial charge in [0.25, 0.3) is 5.91 Å². The lowest BCUT2D eigenvalue weighted by atomic mass is 10.0. The van der Waals surface area contributed by atoms with E-state index in [4.69, 9.17) is 14.2 Å². The number of hydrogen-bond acceptors (Lipinski definition) is 6. The van der Waals surface area contributed by atoms with Gasteiger partial charge in [-0.1, -0.05) is 12.1 Å². The van der Waals surface area contributed by atoms with Crippen molar-refractivity contribution in [2.24, 2.45) is 0 Å². The van der Waals surface area contributed by atoms with Gasteiger partial charge in [0.1, 0.15) is 17.1 Å². The van der Waals surface area contributed by atoms with E-state index in [0.29, 0.717) is 62.4 Å². The maximum atomic E-state index is 12.8. The number of ether oxygens (including phenoxy) is 3. The number of carbonyl (C=O) groups excluding carboxylic acids is 3. The smallest absolute Gasteiger partial charge is 0.410 e. The Labute approximate surface area is 212 Å². The Bertz CT molecular complexity index is 1080. The van der Waals surface area contributed by atoms with Crippen LogP contribution in [0.25, 0.3) is 0 Å². The minimum atomic E-state index is -0.592. The molecule has 1 aliphatic rings. The van der Waals surface area contributed by atoms with Gasteiger partial charge in [0.05, 0.1) is 12.3 Å². The average Bonchev–Trinajstić information content (AvgIpc) is 2.82. The average molecular weight is 497 g/mol. The number of carbonyl (C=O) groups is 3. The van der Waals surface area contributed by atoms with E-state index < -0.39 is 5.60 Å². The first-order chi connectivity index (χ1) is 17.1. The van der Waals surface area contributed by atoms with Gasteiger partial charge in [0.2, 0.25) is 0 Å². The molecule has 0 aliphatic carbocycles. The molecule has 1 heterocycles. The number of anilines is 1. The summed E-state index contributed by atoms with van der Waals surface area (Å²) in [6, 6.07) is 12.9. The monoisotopic (exact) mass is 496 g/mol. The summed E-state index contributed by atoms with van der Waals surface area (Å²) >= 11 is 0. The summed E-state index contributed by atoms with van der Waals surface area (Å²) in [5.74, 6) is 1.12. The van der Waals surface area contributed by atoms with Crippen LogP contribution in [0, 0.1) is 0 Å². The zero-order chi connectivity index (χ0) is 26.1. The second-order valence-corrected chi connectivity index (χ2v) is 9.73. The highest BCUT2D eigenvalue weighted by Crippen LogP contribution is 2.29. The highest BCUT2D eigenvalue weighted by atomic mass is 16.6. The normalized spacial score (nSPS) is 12.7. The van der Waals surface area contributed by atoms with Crippen LogP contribution in [-0.2, 0) is 16.0 Å². The number of nitrogens with zero attached hydrogens (tertiary/aromatic N) is 1. The first-order valence-electron chi connectivity index (χ1n) is 12.4. The van der Waals surface area contributed by atoms with Crippen molar-refractivity contribution < 1.29 is 28.6 Å². The molecular weight excluding hydrogens is 460 g/mol. The molecule has 2 amide bonds. The summed E-state index contributed by atoms with van der Waals surface area (Å²) < 4.78 is 16.5. The third kappa shape index (κ3) is 8.29. The number of fused-ring (bicyclic) bond motifs is 1. The summed E-state index contributed by atoms with van der Waals surface area (Å²) in [5, 5.41) is 2.72. The van der Waals surface area contributed by atoms with Gasteiger partial charge < -0.3 is 24.4 Å². The SMILES string of the molecule is CCOc1cccc(CCN(CCCCC(=O)c2ccc3c(c2)NC(=O)CO3)C(=O)OC(C)(C)C)c1. The summed E-state index contributed by atoms with van der Waals surface area (Å²) in [5.41, 5.74) is 1.53. The van der Waals surface area contributed by atoms with Crippen LogP contribution < -0.4 is 14.8 Å². The third-order valence-corrected chi connectivity index (χ3v) is 5.55. The molecule has 1 N–H and O–H groups in total. The van der Waals surface area contributed by atoms with Crippen molar-refractivity contribution in [2.45, 2.75) is 59.0 Å². The zero-order valence-corrected chi connectivity index (χ0v) is 21.6. The molecule has 0 atom stereocenters. The van der Waals surface area contributed by atoms with E-state index in [1.807, 2.05) is 52.0 Å². The molecule has 0 saturated carbocycles. The molecule has 0 saturated heterocycles. The Kier molecular flexibility index (Phi) is 9.33. The molecule has 36 heavy (non-hydrogen) atoms. The Morgan fingerprint density at radius 3 is 2.64 bits per heavy atom. The maximum absolute atomic E-state index is 12.8. The molecule has 8 heteroatoms. The van der Waals surface area contributed by atoms with E-state index in [1.54, 1.807) is 23.1 Å². The molecule has 194 valence electrons. The summed E-state index contributed by atoms with van der Waals surface area (Å²) in [6.07, 6.45) is 1.93. The summed E-state index contributed by atoms with van der Waals surface area (Å²) in [4.78, 5) is 38.8. The molecule has 8 nitrogen and oxygen atoms in total. The number of nitrogens with one attached hydrogen (secondary N) is 1. The van der Waals surface area contributed by atoms with E-state index in [2.05, 4.69) is 5.32 Å². The lowest BCUT2D eigenvalue weighted by Crippen LogP contribution is -2.38. The number of amides is 2. The largest absolute Gasteiger partial charge is 0.494 e. The van der Waals surface area contributed by atoms with Crippen LogP contribution in [0.4, 0.5) is 10.5 Å². The fraction of sp³-hybridized carbons (Fsp3) is 0.464. The molecule has 0 spiro atoms. The predicted molar refractivity (Wildman–Crippen MR) is 138 cm³/mol. The van der Waals surface area contributed by atoms with Gasteiger partial charge in [-0.15, -0.1) is 0 Å². The molecule has 0 unspecified atom stereocenters. The summed E-state index contributed by atoms with van der Waals surface area (Å²) in [7, 11) is 0. The number of unbranched alkanes of at least 4 members (excludes halogenated alkanes) is 1. The molecular formula is C28H36N2O6. The van der Waals surface area contributed by atoms with E-state index in [-0.39, 0.29) is 24.4 Å². The van der Waals surface area contributed by atoms with E-state index >= 15 is 0 Å². The zero-order valence-electron chi connectivity index (χ0n) is 21.6. The molecule has 0 radical (unpaired) electrons. The van der Waals surface area contributed by atoms with Crippen LogP contribution in [0.5, 0.6) is 11.5 Å². The van der Waals surface area contributed by atoms with Crippen LogP contribution >= 0.6 is 0 Å². The van der Waals surface area contributed by atoms with Crippen molar-refractivity contribution in [3.63, 3.8) is 0 Å². The van der Waals surface area contributed by atoms with Crippen LogP contribution in [0.15, 0.2) is 42.5 Å². The van der Waals surface area contributed by atoms with Gasteiger partial charge in [0.15, 0.2) is 12.4 Å². The second-order valence-electron chi connectivity index (χ2n) is 9.73. The van der Waals surface area contributed by atoms with Gasteiger partial charge >= 0.3 is 6.09 Å². The Hall–Kier alpha value is -3.55. The van der Waals surface area contributed by atoms with Crippen LogP contribution in [0.2, 0.25) is 0 Å². The predicted octanol–water partition coefficient (Wildman–Crippen LogP) is 5.25. The number of benzene rings is 2. The van der Waals surface area contributed by atoms with Crippen LogP contribution in [0.3, 0.4) is 0 Å². The number of rotatable bonds is 11. The van der Waals surface area contributed by atoms with Gasteiger partial charge in [-0.25, -0.2) is 4.79 Å². The van der Waals surface area contributed by atoms with Crippen molar-refractivity contribution in [1.82, 2.24) is 4.90 Å². The van der Waals surface area contributed by atoms with Gasteiger partial charge in [-0.2, -0.15) is 0 Å². The maximum Gasteiger partial charge on any atom is 0.410 e. The van der Waals surface area contributed by atoms with Crippen molar-refractivity contribution >= 4 is 23.5 Å². The van der Waals surface area contributed by atoms with Gasteiger partial charge in [0, 0.05) is 25.1 Å². The Morgan fingerprint density at radius 1 is 1.08 bits per heavy atom. The van der Waals surface area contributed by atoms with Crippen LogP contribution in [0.1, 0.15) is 62.9 Å². The first-order valence-corrected chi connectivity index (χ1v) is 12.4. The molecule has 2 aromatic rings. The number of hydrogen-bond donors (Lipinski definition) is 1. The minimum absolute atomic E-state index is 0.0193. The van der Waals surface area contributed by atoms with Crippen molar-refractivity contribution in [3.8, 4) is 11.5 Å². The van der Waals surface area contributed by atoms with Crippen LogP contribution in [-0.4, -0.2) is 54.6 Å². The molecule has 0 fully saturated rings. The lowest BCUT2D eigenvalue weighted by molar-refractivity contribution is -0.118. The molecule has 2 aromatic carbocycles.